The van der Waals surface area contributed by atoms with Crippen LogP contribution in [-0.4, -0.2) is 12.6 Å². The Balaban J connectivity index is 2.28. The lowest BCUT2D eigenvalue weighted by atomic mass is 10.1. The van der Waals surface area contributed by atoms with Gasteiger partial charge in [-0.15, -0.1) is 11.6 Å². The predicted octanol–water partition coefficient (Wildman–Crippen LogP) is 3.72. The van der Waals surface area contributed by atoms with Crippen LogP contribution in [0.5, 0.6) is 0 Å². The molecule has 1 unspecified atom stereocenters. The zero-order valence-electron chi connectivity index (χ0n) is 9.46. The molecule has 1 fully saturated rings. The van der Waals surface area contributed by atoms with Gasteiger partial charge in [-0.2, -0.15) is 0 Å². The molecule has 82 valence electrons. The molecular formula is C13H18ClN. The van der Waals surface area contributed by atoms with Crippen molar-refractivity contribution in [3.63, 3.8) is 0 Å². The smallest absolute Gasteiger partial charge is 0.0474 e. The third-order valence-electron chi connectivity index (χ3n) is 3.28. The van der Waals surface area contributed by atoms with Gasteiger partial charge in [0, 0.05) is 24.2 Å². The van der Waals surface area contributed by atoms with Crippen molar-refractivity contribution in [2.24, 2.45) is 0 Å². The Bertz CT molecular complexity index is 348. The van der Waals surface area contributed by atoms with Gasteiger partial charge in [0.05, 0.1) is 0 Å². The summed E-state index contributed by atoms with van der Waals surface area (Å²) < 4.78 is 0. The Kier molecular flexibility index (Phi) is 3.20. The molecule has 0 aromatic heterocycles. The highest BCUT2D eigenvalue weighted by atomic mass is 35.5. The fourth-order valence-corrected chi connectivity index (χ4v) is 2.58. The predicted molar refractivity (Wildman–Crippen MR) is 66.8 cm³/mol. The first-order valence-electron chi connectivity index (χ1n) is 5.64. The van der Waals surface area contributed by atoms with E-state index in [1.165, 1.54) is 36.2 Å². The first-order chi connectivity index (χ1) is 7.22. The average molecular weight is 224 g/mol. The molecule has 1 nitrogen and oxygen atoms in total. The quantitative estimate of drug-likeness (QED) is 0.691. The van der Waals surface area contributed by atoms with Crippen LogP contribution in [0.4, 0.5) is 5.69 Å². The van der Waals surface area contributed by atoms with E-state index in [9.17, 15) is 0 Å². The second kappa shape index (κ2) is 4.44. The lowest BCUT2D eigenvalue weighted by Gasteiger charge is -2.25. The summed E-state index contributed by atoms with van der Waals surface area (Å²) in [5.41, 5.74) is 3.94. The van der Waals surface area contributed by atoms with Crippen molar-refractivity contribution in [2.75, 3.05) is 11.4 Å². The summed E-state index contributed by atoms with van der Waals surface area (Å²) in [5, 5.41) is 0. The normalized spacial score (nSPS) is 21.0. The SMILES string of the molecule is Cc1cc(CCl)ccc1N1CCCC1C. The van der Waals surface area contributed by atoms with Crippen molar-refractivity contribution in [2.45, 2.75) is 38.6 Å². The molecule has 0 saturated carbocycles. The van der Waals surface area contributed by atoms with Crippen molar-refractivity contribution < 1.29 is 0 Å². The molecule has 0 radical (unpaired) electrons. The average Bonchev–Trinajstić information content (AvgIpc) is 2.64. The third-order valence-corrected chi connectivity index (χ3v) is 3.59. The lowest BCUT2D eigenvalue weighted by molar-refractivity contribution is 0.733. The minimum atomic E-state index is 0.608. The molecule has 0 spiro atoms. The molecule has 1 aliphatic heterocycles. The number of nitrogens with zero attached hydrogens (tertiary/aromatic N) is 1. The number of aryl methyl sites for hydroxylation is 1. The van der Waals surface area contributed by atoms with E-state index >= 15 is 0 Å². The highest BCUT2D eigenvalue weighted by Crippen LogP contribution is 2.28. The zero-order chi connectivity index (χ0) is 10.8. The topological polar surface area (TPSA) is 3.24 Å². The Labute approximate surface area is 97.0 Å². The van der Waals surface area contributed by atoms with Gasteiger partial charge in [-0.1, -0.05) is 12.1 Å². The summed E-state index contributed by atoms with van der Waals surface area (Å²) in [4.78, 5) is 2.51. The first-order valence-corrected chi connectivity index (χ1v) is 6.18. The first kappa shape index (κ1) is 10.8. The van der Waals surface area contributed by atoms with Crippen molar-refractivity contribution >= 4 is 17.3 Å². The van der Waals surface area contributed by atoms with E-state index in [0.717, 1.165) is 0 Å². The molecule has 15 heavy (non-hydrogen) atoms. The van der Waals surface area contributed by atoms with Crippen molar-refractivity contribution in [3.05, 3.63) is 29.3 Å². The number of halogens is 1. The minimum Gasteiger partial charge on any atom is -0.369 e. The van der Waals surface area contributed by atoms with Crippen LogP contribution in [0.15, 0.2) is 18.2 Å². The number of rotatable bonds is 2. The standard InChI is InChI=1S/C13H18ClN/c1-10-8-12(9-14)5-6-13(10)15-7-3-4-11(15)2/h5-6,8,11H,3-4,7,9H2,1-2H3. The maximum Gasteiger partial charge on any atom is 0.0474 e. The summed E-state index contributed by atoms with van der Waals surface area (Å²) >= 11 is 5.83. The highest BCUT2D eigenvalue weighted by Gasteiger charge is 2.21. The van der Waals surface area contributed by atoms with Gasteiger partial charge in [0.1, 0.15) is 0 Å². The number of hydrogen-bond acceptors (Lipinski definition) is 1. The molecule has 1 atom stereocenters. The summed E-state index contributed by atoms with van der Waals surface area (Å²) in [6.45, 7) is 5.68. The van der Waals surface area contributed by atoms with Crippen molar-refractivity contribution in [3.8, 4) is 0 Å². The van der Waals surface area contributed by atoms with E-state index in [1.54, 1.807) is 0 Å². The maximum atomic E-state index is 5.83. The molecule has 0 N–H and O–H groups in total. The zero-order valence-corrected chi connectivity index (χ0v) is 10.2. The van der Waals surface area contributed by atoms with Gasteiger partial charge in [0.15, 0.2) is 0 Å². The molecule has 1 heterocycles. The summed E-state index contributed by atoms with van der Waals surface area (Å²) in [6.07, 6.45) is 2.63. The monoisotopic (exact) mass is 223 g/mol. The van der Waals surface area contributed by atoms with Gasteiger partial charge in [0.2, 0.25) is 0 Å². The number of alkyl halides is 1. The molecule has 0 bridgehead atoms. The maximum absolute atomic E-state index is 5.83. The van der Waals surface area contributed by atoms with Crippen LogP contribution in [0.1, 0.15) is 30.9 Å². The molecule has 2 rings (SSSR count). The Hall–Kier alpha value is -0.690. The molecule has 1 aromatic rings. The van der Waals surface area contributed by atoms with Gasteiger partial charge in [-0.3, -0.25) is 0 Å². The lowest BCUT2D eigenvalue weighted by Crippen LogP contribution is -2.26. The van der Waals surface area contributed by atoms with Crippen LogP contribution >= 0.6 is 11.6 Å². The van der Waals surface area contributed by atoms with Gasteiger partial charge in [0.25, 0.3) is 0 Å². The van der Waals surface area contributed by atoms with E-state index in [4.69, 9.17) is 11.6 Å². The second-order valence-electron chi connectivity index (χ2n) is 4.44. The van der Waals surface area contributed by atoms with Crippen LogP contribution in [0.25, 0.3) is 0 Å². The van der Waals surface area contributed by atoms with Crippen LogP contribution in [0.2, 0.25) is 0 Å². The minimum absolute atomic E-state index is 0.608. The van der Waals surface area contributed by atoms with Crippen LogP contribution in [0.3, 0.4) is 0 Å². The molecule has 0 aliphatic carbocycles. The number of anilines is 1. The largest absolute Gasteiger partial charge is 0.369 e. The van der Waals surface area contributed by atoms with Crippen molar-refractivity contribution in [1.82, 2.24) is 0 Å². The number of hydrogen-bond donors (Lipinski definition) is 0. The van der Waals surface area contributed by atoms with Crippen molar-refractivity contribution in [1.29, 1.82) is 0 Å². The molecule has 1 aromatic carbocycles. The van der Waals surface area contributed by atoms with E-state index in [1.807, 2.05) is 0 Å². The van der Waals surface area contributed by atoms with Gasteiger partial charge in [-0.25, -0.2) is 0 Å². The Morgan fingerprint density at radius 1 is 1.47 bits per heavy atom. The highest BCUT2D eigenvalue weighted by molar-refractivity contribution is 6.17. The van der Waals surface area contributed by atoms with E-state index in [-0.39, 0.29) is 0 Å². The van der Waals surface area contributed by atoms with Crippen LogP contribution in [0, 0.1) is 6.92 Å². The van der Waals surface area contributed by atoms with Crippen LogP contribution in [-0.2, 0) is 5.88 Å². The molecule has 1 saturated heterocycles. The summed E-state index contributed by atoms with van der Waals surface area (Å²) in [6, 6.07) is 7.24. The van der Waals surface area contributed by atoms with E-state index in [0.29, 0.717) is 11.9 Å². The van der Waals surface area contributed by atoms with Gasteiger partial charge < -0.3 is 4.90 Å². The van der Waals surface area contributed by atoms with E-state index in [2.05, 4.69) is 36.9 Å². The summed E-state index contributed by atoms with van der Waals surface area (Å²) in [7, 11) is 0. The fraction of sp³-hybridized carbons (Fsp3) is 0.538. The molecule has 2 heteroatoms. The third kappa shape index (κ3) is 2.12. The number of benzene rings is 1. The molecule has 1 aliphatic rings. The van der Waals surface area contributed by atoms with Crippen LogP contribution < -0.4 is 4.90 Å². The molecular weight excluding hydrogens is 206 g/mol. The molecule has 0 amide bonds. The fourth-order valence-electron chi connectivity index (χ4n) is 2.41. The van der Waals surface area contributed by atoms with Gasteiger partial charge >= 0.3 is 0 Å². The second-order valence-corrected chi connectivity index (χ2v) is 4.71. The Morgan fingerprint density at radius 2 is 2.27 bits per heavy atom. The van der Waals surface area contributed by atoms with E-state index < -0.39 is 0 Å². The Morgan fingerprint density at radius 3 is 2.80 bits per heavy atom. The van der Waals surface area contributed by atoms with Gasteiger partial charge in [-0.05, 0) is 43.9 Å². The summed E-state index contributed by atoms with van der Waals surface area (Å²) in [5.74, 6) is 0.608.